The number of benzene rings is 1. The fraction of sp³-hybridized carbons (Fsp3) is 0.720. The Balaban J connectivity index is 2.09. The van der Waals surface area contributed by atoms with Gasteiger partial charge in [0.05, 0.1) is 25.0 Å². The molecule has 0 aliphatic carbocycles. The summed E-state index contributed by atoms with van der Waals surface area (Å²) in [4.78, 5) is 4.30. The molecule has 3 N–H and O–H groups in total. The number of aliphatic hydroxyl groups excluding tert-OH is 3. The van der Waals surface area contributed by atoms with Gasteiger partial charge in [-0.1, -0.05) is 114 Å². The molecular weight excluding hydrogens is 362 g/mol. The summed E-state index contributed by atoms with van der Waals surface area (Å²) in [5.41, 5.74) is 1.28. The lowest BCUT2D eigenvalue weighted by molar-refractivity contribution is 0.0493. The Morgan fingerprint density at radius 2 is 1.31 bits per heavy atom. The first-order valence-electron chi connectivity index (χ1n) is 11.7. The summed E-state index contributed by atoms with van der Waals surface area (Å²) in [7, 11) is 0. The quantitative estimate of drug-likeness (QED) is 0.225. The minimum atomic E-state index is -1.09. The zero-order valence-electron chi connectivity index (χ0n) is 18.4. The molecule has 0 saturated heterocycles. The third-order valence-electron chi connectivity index (χ3n) is 5.53. The normalized spacial score (nSPS) is 14.1. The van der Waals surface area contributed by atoms with Crippen molar-refractivity contribution >= 4 is 5.71 Å². The van der Waals surface area contributed by atoms with Crippen LogP contribution >= 0.6 is 0 Å². The molecule has 4 nitrogen and oxygen atoms in total. The summed E-state index contributed by atoms with van der Waals surface area (Å²) < 4.78 is 0. The molecule has 0 unspecified atom stereocenters. The van der Waals surface area contributed by atoms with Crippen LogP contribution in [0.2, 0.25) is 0 Å². The molecule has 0 aromatic heterocycles. The SMILES string of the molecule is CCCCCCCCCCCCCC[C@@H](O)[C@@H](O)C(CO)=NCc1ccccc1. The standard InChI is InChI=1S/C25H43NO3/c1-2-3-4-5-6-7-8-9-10-11-12-16-19-24(28)25(29)23(21-27)26-20-22-17-14-13-15-18-22/h13-15,17-18,24-25,27-29H,2-12,16,19-21H2,1H3/t24-,25+/m1/s1. The van der Waals surface area contributed by atoms with Crippen molar-refractivity contribution in [2.75, 3.05) is 6.61 Å². The highest BCUT2D eigenvalue weighted by Crippen LogP contribution is 2.14. The minimum absolute atomic E-state index is 0.264. The van der Waals surface area contributed by atoms with E-state index in [1.54, 1.807) is 0 Å². The summed E-state index contributed by atoms with van der Waals surface area (Å²) >= 11 is 0. The lowest BCUT2D eigenvalue weighted by Crippen LogP contribution is -2.36. The van der Waals surface area contributed by atoms with Crippen LogP contribution < -0.4 is 0 Å². The van der Waals surface area contributed by atoms with Crippen LogP contribution in [0.1, 0.15) is 96.0 Å². The summed E-state index contributed by atoms with van der Waals surface area (Å²) in [5.74, 6) is 0. The van der Waals surface area contributed by atoms with Gasteiger partial charge in [0, 0.05) is 0 Å². The van der Waals surface area contributed by atoms with E-state index in [-0.39, 0.29) is 12.3 Å². The van der Waals surface area contributed by atoms with Crippen molar-refractivity contribution in [1.82, 2.24) is 0 Å². The monoisotopic (exact) mass is 405 g/mol. The zero-order chi connectivity index (χ0) is 21.2. The van der Waals surface area contributed by atoms with Crippen LogP contribution in [0.5, 0.6) is 0 Å². The number of nitrogens with zero attached hydrogens (tertiary/aromatic N) is 1. The van der Waals surface area contributed by atoms with Gasteiger partial charge in [0.15, 0.2) is 0 Å². The Kier molecular flexibility index (Phi) is 15.7. The largest absolute Gasteiger partial charge is 0.390 e. The number of aliphatic hydroxyl groups is 3. The van der Waals surface area contributed by atoms with E-state index in [1.165, 1.54) is 64.2 Å². The molecule has 0 fully saturated rings. The maximum atomic E-state index is 10.3. The lowest BCUT2D eigenvalue weighted by Gasteiger charge is -2.19. The van der Waals surface area contributed by atoms with E-state index >= 15 is 0 Å². The molecule has 0 aliphatic rings. The van der Waals surface area contributed by atoms with Crippen LogP contribution in [0.3, 0.4) is 0 Å². The van der Waals surface area contributed by atoms with Crippen molar-refractivity contribution in [2.45, 2.75) is 109 Å². The minimum Gasteiger partial charge on any atom is -0.390 e. The first-order chi connectivity index (χ1) is 14.2. The second kappa shape index (κ2) is 17.6. The van der Waals surface area contributed by atoms with E-state index in [2.05, 4.69) is 11.9 Å². The predicted octanol–water partition coefficient (Wildman–Crippen LogP) is 5.43. The molecule has 0 amide bonds. The van der Waals surface area contributed by atoms with Crippen LogP contribution in [-0.2, 0) is 6.54 Å². The van der Waals surface area contributed by atoms with E-state index in [4.69, 9.17) is 0 Å². The predicted molar refractivity (Wildman–Crippen MR) is 122 cm³/mol. The van der Waals surface area contributed by atoms with Crippen molar-refractivity contribution in [1.29, 1.82) is 0 Å². The van der Waals surface area contributed by atoms with Gasteiger partial charge in [-0.3, -0.25) is 4.99 Å². The second-order valence-electron chi connectivity index (χ2n) is 8.14. The van der Waals surface area contributed by atoms with Gasteiger partial charge in [0.1, 0.15) is 6.10 Å². The molecule has 4 heteroatoms. The van der Waals surface area contributed by atoms with E-state index in [9.17, 15) is 15.3 Å². The summed E-state index contributed by atoms with van der Waals surface area (Å²) in [6.45, 7) is 2.33. The van der Waals surface area contributed by atoms with Crippen LogP contribution in [0.4, 0.5) is 0 Å². The van der Waals surface area contributed by atoms with E-state index in [0.29, 0.717) is 13.0 Å². The smallest absolute Gasteiger partial charge is 0.120 e. The van der Waals surface area contributed by atoms with E-state index in [0.717, 1.165) is 18.4 Å². The molecule has 0 radical (unpaired) electrons. The van der Waals surface area contributed by atoms with Crippen molar-refractivity contribution in [2.24, 2.45) is 4.99 Å². The maximum Gasteiger partial charge on any atom is 0.120 e. The average Bonchev–Trinajstić information content (AvgIpc) is 2.75. The van der Waals surface area contributed by atoms with E-state index in [1.807, 2.05) is 30.3 Å². The molecule has 0 bridgehead atoms. The molecule has 2 atom stereocenters. The van der Waals surface area contributed by atoms with Crippen LogP contribution in [0.25, 0.3) is 0 Å². The van der Waals surface area contributed by atoms with Gasteiger partial charge >= 0.3 is 0 Å². The Morgan fingerprint density at radius 3 is 1.83 bits per heavy atom. The fourth-order valence-electron chi connectivity index (χ4n) is 3.59. The summed E-state index contributed by atoms with van der Waals surface area (Å²) in [6, 6.07) is 9.71. The van der Waals surface area contributed by atoms with Gasteiger partial charge in [-0.2, -0.15) is 0 Å². The molecule has 29 heavy (non-hydrogen) atoms. The number of rotatable bonds is 18. The average molecular weight is 406 g/mol. The molecule has 0 spiro atoms. The first kappa shape index (κ1) is 25.8. The number of hydrogen-bond acceptors (Lipinski definition) is 4. The van der Waals surface area contributed by atoms with Crippen molar-refractivity contribution < 1.29 is 15.3 Å². The highest BCUT2D eigenvalue weighted by molar-refractivity contribution is 5.90. The van der Waals surface area contributed by atoms with Crippen molar-refractivity contribution in [3.8, 4) is 0 Å². The van der Waals surface area contributed by atoms with Gasteiger partial charge in [-0.15, -0.1) is 0 Å². The molecular formula is C25H43NO3. The first-order valence-corrected chi connectivity index (χ1v) is 11.7. The Labute approximate surface area is 178 Å². The lowest BCUT2D eigenvalue weighted by atomic mass is 10.0. The Hall–Kier alpha value is -1.23. The second-order valence-corrected chi connectivity index (χ2v) is 8.14. The molecule has 0 saturated carbocycles. The summed E-state index contributed by atoms with van der Waals surface area (Å²) in [6.07, 6.45) is 13.9. The molecule has 0 heterocycles. The fourth-order valence-corrected chi connectivity index (χ4v) is 3.59. The molecule has 1 aromatic carbocycles. The molecule has 1 aromatic rings. The van der Waals surface area contributed by atoms with Gasteiger partial charge in [0.2, 0.25) is 0 Å². The molecule has 1 rings (SSSR count). The maximum absolute atomic E-state index is 10.3. The topological polar surface area (TPSA) is 73.0 Å². The van der Waals surface area contributed by atoms with Crippen LogP contribution in [0, 0.1) is 0 Å². The van der Waals surface area contributed by atoms with Crippen LogP contribution in [-0.4, -0.2) is 39.8 Å². The highest BCUT2D eigenvalue weighted by atomic mass is 16.3. The van der Waals surface area contributed by atoms with Crippen molar-refractivity contribution in [3.63, 3.8) is 0 Å². The number of aliphatic imine (C=N–C) groups is 1. The third-order valence-corrected chi connectivity index (χ3v) is 5.53. The van der Waals surface area contributed by atoms with E-state index < -0.39 is 12.2 Å². The Morgan fingerprint density at radius 1 is 0.793 bits per heavy atom. The zero-order valence-corrected chi connectivity index (χ0v) is 18.4. The van der Waals surface area contributed by atoms with Gasteiger partial charge in [-0.05, 0) is 12.0 Å². The van der Waals surface area contributed by atoms with Gasteiger partial charge in [-0.25, -0.2) is 0 Å². The van der Waals surface area contributed by atoms with Crippen molar-refractivity contribution in [3.05, 3.63) is 35.9 Å². The van der Waals surface area contributed by atoms with Crippen LogP contribution in [0.15, 0.2) is 35.3 Å². The number of hydrogen-bond donors (Lipinski definition) is 3. The third kappa shape index (κ3) is 12.8. The van der Waals surface area contributed by atoms with Gasteiger partial charge < -0.3 is 15.3 Å². The number of unbranched alkanes of at least 4 members (excludes halogenated alkanes) is 11. The highest BCUT2D eigenvalue weighted by Gasteiger charge is 2.21. The molecule has 166 valence electrons. The summed E-state index contributed by atoms with van der Waals surface area (Å²) in [5, 5.41) is 30.0. The van der Waals surface area contributed by atoms with Gasteiger partial charge in [0.25, 0.3) is 0 Å². The Bertz CT molecular complexity index is 518. The molecule has 0 aliphatic heterocycles.